The number of urea groups is 1. The van der Waals surface area contributed by atoms with Crippen molar-refractivity contribution in [1.82, 2.24) is 5.32 Å². The Balaban J connectivity index is 2.55. The van der Waals surface area contributed by atoms with E-state index >= 15 is 0 Å². The average molecular weight is 252 g/mol. The van der Waals surface area contributed by atoms with Crippen LogP contribution in [-0.2, 0) is 0 Å². The van der Waals surface area contributed by atoms with Gasteiger partial charge in [-0.25, -0.2) is 4.79 Å². The smallest absolute Gasteiger partial charge is 0.319 e. The zero-order valence-electron chi connectivity index (χ0n) is 11.0. The lowest BCUT2D eigenvalue weighted by molar-refractivity contribution is 0.0587. The first-order valence-electron chi connectivity index (χ1n) is 5.89. The molecule has 1 rings (SSSR count). The Morgan fingerprint density at radius 3 is 2.72 bits per heavy atom. The molecule has 0 bridgehead atoms. The molecule has 0 aliphatic carbocycles. The van der Waals surface area contributed by atoms with Gasteiger partial charge in [0, 0.05) is 6.54 Å². The second-order valence-electron chi connectivity index (χ2n) is 4.36. The third-order valence-electron chi connectivity index (χ3n) is 2.75. The second-order valence-corrected chi connectivity index (χ2v) is 4.36. The Kier molecular flexibility index (Phi) is 4.97. The van der Waals surface area contributed by atoms with Gasteiger partial charge < -0.3 is 20.5 Å². The second kappa shape index (κ2) is 6.26. The fraction of sp³-hybridized carbons (Fsp3) is 0.462. The molecule has 2 amide bonds. The van der Waals surface area contributed by atoms with Crippen LogP contribution in [0.15, 0.2) is 24.3 Å². The number of rotatable bonds is 5. The van der Waals surface area contributed by atoms with Crippen LogP contribution in [0, 0.1) is 0 Å². The fourth-order valence-electron chi connectivity index (χ4n) is 1.31. The highest BCUT2D eigenvalue weighted by Gasteiger charge is 2.18. The van der Waals surface area contributed by atoms with Crippen LogP contribution in [0.2, 0.25) is 0 Å². The number of nitrogens with one attached hydrogen (secondary N) is 2. The van der Waals surface area contributed by atoms with Crippen molar-refractivity contribution in [3.63, 3.8) is 0 Å². The summed E-state index contributed by atoms with van der Waals surface area (Å²) in [4.78, 5) is 11.7. The normalized spacial score (nSPS) is 13.6. The van der Waals surface area contributed by atoms with Crippen molar-refractivity contribution in [3.05, 3.63) is 24.3 Å². The molecule has 1 aromatic rings. The van der Waals surface area contributed by atoms with Crippen molar-refractivity contribution in [2.24, 2.45) is 0 Å². The Hall–Kier alpha value is -1.75. The van der Waals surface area contributed by atoms with Crippen LogP contribution < -0.4 is 15.4 Å². The van der Waals surface area contributed by atoms with Gasteiger partial charge in [0.1, 0.15) is 5.75 Å². The van der Waals surface area contributed by atoms with Crippen LogP contribution in [0.5, 0.6) is 5.75 Å². The molecule has 1 aromatic carbocycles. The SMILES string of the molecule is CC[C@](C)(O)CNC(=O)Nc1ccccc1OC. The number of hydrogen-bond acceptors (Lipinski definition) is 3. The quantitative estimate of drug-likeness (QED) is 0.750. The molecule has 0 saturated heterocycles. The van der Waals surface area contributed by atoms with E-state index in [0.29, 0.717) is 17.9 Å². The largest absolute Gasteiger partial charge is 0.495 e. The summed E-state index contributed by atoms with van der Waals surface area (Å²) in [5, 5.41) is 15.1. The molecular weight excluding hydrogens is 232 g/mol. The summed E-state index contributed by atoms with van der Waals surface area (Å²) >= 11 is 0. The van der Waals surface area contributed by atoms with E-state index in [0.717, 1.165) is 0 Å². The van der Waals surface area contributed by atoms with Gasteiger partial charge in [0.05, 0.1) is 18.4 Å². The number of ether oxygens (including phenoxy) is 1. The molecule has 0 saturated carbocycles. The van der Waals surface area contributed by atoms with E-state index in [4.69, 9.17) is 4.74 Å². The van der Waals surface area contributed by atoms with Crippen molar-refractivity contribution < 1.29 is 14.6 Å². The summed E-state index contributed by atoms with van der Waals surface area (Å²) < 4.78 is 5.12. The molecule has 3 N–H and O–H groups in total. The first-order chi connectivity index (χ1) is 8.48. The number of carbonyl (C=O) groups is 1. The molecule has 0 heterocycles. The first-order valence-corrected chi connectivity index (χ1v) is 5.89. The third kappa shape index (κ3) is 4.25. The number of amides is 2. The van der Waals surface area contributed by atoms with Gasteiger partial charge in [-0.3, -0.25) is 0 Å². The van der Waals surface area contributed by atoms with Gasteiger partial charge in [0.15, 0.2) is 0 Å². The van der Waals surface area contributed by atoms with E-state index in [9.17, 15) is 9.90 Å². The van der Waals surface area contributed by atoms with E-state index in [2.05, 4.69) is 10.6 Å². The summed E-state index contributed by atoms with van der Waals surface area (Å²) in [5.41, 5.74) is -0.299. The van der Waals surface area contributed by atoms with E-state index in [1.165, 1.54) is 0 Å². The fourth-order valence-corrected chi connectivity index (χ4v) is 1.31. The highest BCUT2D eigenvalue weighted by atomic mass is 16.5. The maximum absolute atomic E-state index is 11.7. The average Bonchev–Trinajstić information content (AvgIpc) is 2.37. The minimum atomic E-state index is -0.891. The summed E-state index contributed by atoms with van der Waals surface area (Å²) in [7, 11) is 1.54. The summed E-state index contributed by atoms with van der Waals surface area (Å²) in [6.45, 7) is 3.74. The van der Waals surface area contributed by atoms with E-state index < -0.39 is 5.60 Å². The number of hydrogen-bond donors (Lipinski definition) is 3. The monoisotopic (exact) mass is 252 g/mol. The summed E-state index contributed by atoms with van der Waals surface area (Å²) in [6.07, 6.45) is 0.571. The van der Waals surface area contributed by atoms with Crippen molar-refractivity contribution in [1.29, 1.82) is 0 Å². The maximum atomic E-state index is 11.7. The zero-order valence-corrected chi connectivity index (χ0v) is 11.0. The van der Waals surface area contributed by atoms with Crippen LogP contribution in [0.25, 0.3) is 0 Å². The van der Waals surface area contributed by atoms with Crippen LogP contribution in [0.4, 0.5) is 10.5 Å². The lowest BCUT2D eigenvalue weighted by atomic mass is 10.0. The topological polar surface area (TPSA) is 70.6 Å². The van der Waals surface area contributed by atoms with Gasteiger partial charge in [-0.05, 0) is 25.5 Å². The molecule has 5 heteroatoms. The van der Waals surface area contributed by atoms with Crippen LogP contribution in [-0.4, -0.2) is 30.4 Å². The number of anilines is 1. The first kappa shape index (κ1) is 14.3. The Morgan fingerprint density at radius 2 is 2.11 bits per heavy atom. The number of carbonyl (C=O) groups excluding carboxylic acids is 1. The van der Waals surface area contributed by atoms with E-state index in [1.54, 1.807) is 32.2 Å². The molecule has 0 radical (unpaired) electrons. The molecule has 100 valence electrons. The zero-order chi connectivity index (χ0) is 13.6. The van der Waals surface area contributed by atoms with Crippen molar-refractivity contribution in [3.8, 4) is 5.75 Å². The molecule has 0 unspecified atom stereocenters. The Morgan fingerprint density at radius 1 is 1.44 bits per heavy atom. The van der Waals surface area contributed by atoms with Crippen LogP contribution in [0.3, 0.4) is 0 Å². The molecule has 5 nitrogen and oxygen atoms in total. The lowest BCUT2D eigenvalue weighted by Gasteiger charge is -2.21. The number of para-hydroxylation sites is 2. The van der Waals surface area contributed by atoms with E-state index in [1.807, 2.05) is 13.0 Å². The van der Waals surface area contributed by atoms with Crippen LogP contribution >= 0.6 is 0 Å². The summed E-state index contributed by atoms with van der Waals surface area (Å²) in [5.74, 6) is 0.593. The Bertz CT molecular complexity index is 405. The third-order valence-corrected chi connectivity index (χ3v) is 2.75. The van der Waals surface area contributed by atoms with Crippen molar-refractivity contribution >= 4 is 11.7 Å². The highest BCUT2D eigenvalue weighted by Crippen LogP contribution is 2.22. The maximum Gasteiger partial charge on any atom is 0.319 e. The van der Waals surface area contributed by atoms with Gasteiger partial charge >= 0.3 is 6.03 Å². The number of aliphatic hydroxyl groups is 1. The van der Waals surface area contributed by atoms with Gasteiger partial charge in [0.2, 0.25) is 0 Å². The van der Waals surface area contributed by atoms with Gasteiger partial charge in [0.25, 0.3) is 0 Å². The van der Waals surface area contributed by atoms with Crippen LogP contribution in [0.1, 0.15) is 20.3 Å². The minimum Gasteiger partial charge on any atom is -0.495 e. The molecule has 0 aromatic heterocycles. The minimum absolute atomic E-state index is 0.199. The molecule has 0 aliphatic rings. The molecule has 1 atom stereocenters. The number of benzene rings is 1. The predicted molar refractivity (Wildman–Crippen MR) is 70.9 cm³/mol. The van der Waals surface area contributed by atoms with Crippen molar-refractivity contribution in [2.45, 2.75) is 25.9 Å². The standard InChI is InChI=1S/C13H20N2O3/c1-4-13(2,17)9-14-12(16)15-10-7-5-6-8-11(10)18-3/h5-8,17H,4,9H2,1-3H3,(H2,14,15,16)/t13-/m0/s1. The number of methoxy groups -OCH3 is 1. The van der Waals surface area contributed by atoms with E-state index in [-0.39, 0.29) is 12.6 Å². The van der Waals surface area contributed by atoms with Gasteiger partial charge in [-0.2, -0.15) is 0 Å². The molecule has 18 heavy (non-hydrogen) atoms. The molecule has 0 aliphatic heterocycles. The summed E-state index contributed by atoms with van der Waals surface area (Å²) in [6, 6.07) is 6.77. The van der Waals surface area contributed by atoms with Crippen molar-refractivity contribution in [2.75, 3.05) is 19.0 Å². The Labute approximate surface area is 107 Å². The molecule has 0 spiro atoms. The predicted octanol–water partition coefficient (Wildman–Crippen LogP) is 1.98. The van der Waals surface area contributed by atoms with Gasteiger partial charge in [-0.15, -0.1) is 0 Å². The lowest BCUT2D eigenvalue weighted by Crippen LogP contribution is -2.41. The molecule has 0 fully saturated rings. The molecular formula is C13H20N2O3. The highest BCUT2D eigenvalue weighted by molar-refractivity contribution is 5.90. The van der Waals surface area contributed by atoms with Gasteiger partial charge in [-0.1, -0.05) is 19.1 Å².